The van der Waals surface area contributed by atoms with Crippen LogP contribution in [-0.4, -0.2) is 28.9 Å². The maximum atomic E-state index is 5.85. The summed E-state index contributed by atoms with van der Waals surface area (Å²) in [6.07, 6.45) is 1.81. The molecule has 0 aliphatic carbocycles. The first-order valence-corrected chi connectivity index (χ1v) is 5.17. The van der Waals surface area contributed by atoms with Gasteiger partial charge in [-0.25, -0.2) is 0 Å². The highest BCUT2D eigenvalue weighted by molar-refractivity contribution is 5.81. The molecule has 0 radical (unpaired) electrons. The molecule has 1 aliphatic heterocycles. The number of rotatable bonds is 2. The van der Waals surface area contributed by atoms with Crippen LogP contribution in [0.4, 0.5) is 0 Å². The molecular formula is C11H16N4. The van der Waals surface area contributed by atoms with Crippen LogP contribution in [0.25, 0.3) is 0 Å². The van der Waals surface area contributed by atoms with E-state index in [4.69, 9.17) is 5.73 Å². The summed E-state index contributed by atoms with van der Waals surface area (Å²) < 4.78 is 0. The number of hydrogen-bond acceptors (Lipinski definition) is 4. The van der Waals surface area contributed by atoms with Gasteiger partial charge in [0.2, 0.25) is 0 Å². The molecule has 4 heteroatoms. The van der Waals surface area contributed by atoms with E-state index in [9.17, 15) is 0 Å². The zero-order chi connectivity index (χ0) is 10.9. The molecule has 1 unspecified atom stereocenters. The monoisotopic (exact) mass is 204 g/mol. The lowest BCUT2D eigenvalue weighted by atomic mass is 9.96. The first-order chi connectivity index (χ1) is 7.18. The average molecular weight is 204 g/mol. The minimum atomic E-state index is -0.180. The average Bonchev–Trinajstić information content (AvgIpc) is 2.57. The summed E-state index contributed by atoms with van der Waals surface area (Å²) in [7, 11) is 0. The fraction of sp³-hybridized carbons (Fsp3) is 0.455. The SMILES string of the molecule is CCN1C(N)=NCC1(C)c1ccccn1. The zero-order valence-electron chi connectivity index (χ0n) is 9.14. The Hall–Kier alpha value is -1.58. The summed E-state index contributed by atoms with van der Waals surface area (Å²) >= 11 is 0. The number of aliphatic imine (C=N–C) groups is 1. The fourth-order valence-corrected chi connectivity index (χ4v) is 2.07. The normalized spacial score (nSPS) is 25.5. The lowest BCUT2D eigenvalue weighted by molar-refractivity contribution is 0.228. The van der Waals surface area contributed by atoms with Gasteiger partial charge in [0, 0.05) is 12.7 Å². The predicted octanol–water partition coefficient (Wildman–Crippen LogP) is 0.947. The molecule has 1 aromatic heterocycles. The molecule has 1 atom stereocenters. The molecule has 0 spiro atoms. The van der Waals surface area contributed by atoms with E-state index < -0.39 is 0 Å². The summed E-state index contributed by atoms with van der Waals surface area (Å²) in [5.74, 6) is 0.616. The van der Waals surface area contributed by atoms with E-state index >= 15 is 0 Å². The van der Waals surface area contributed by atoms with Gasteiger partial charge in [0.25, 0.3) is 0 Å². The van der Waals surface area contributed by atoms with Crippen LogP contribution < -0.4 is 5.73 Å². The summed E-state index contributed by atoms with van der Waals surface area (Å²) in [4.78, 5) is 10.8. The molecule has 0 saturated heterocycles. The van der Waals surface area contributed by atoms with Crippen molar-refractivity contribution in [2.45, 2.75) is 19.4 Å². The van der Waals surface area contributed by atoms with Crippen molar-refractivity contribution in [3.63, 3.8) is 0 Å². The number of aromatic nitrogens is 1. The van der Waals surface area contributed by atoms with Gasteiger partial charge in [-0.15, -0.1) is 0 Å². The highest BCUT2D eigenvalue weighted by atomic mass is 15.4. The third kappa shape index (κ3) is 1.46. The molecule has 80 valence electrons. The van der Waals surface area contributed by atoms with Crippen molar-refractivity contribution in [2.75, 3.05) is 13.1 Å². The fourth-order valence-electron chi connectivity index (χ4n) is 2.07. The van der Waals surface area contributed by atoms with Crippen LogP contribution in [0.15, 0.2) is 29.4 Å². The van der Waals surface area contributed by atoms with Crippen LogP contribution in [-0.2, 0) is 5.54 Å². The van der Waals surface area contributed by atoms with Crippen molar-refractivity contribution in [1.82, 2.24) is 9.88 Å². The first-order valence-electron chi connectivity index (χ1n) is 5.17. The Morgan fingerprint density at radius 2 is 2.33 bits per heavy atom. The van der Waals surface area contributed by atoms with E-state index in [1.54, 1.807) is 0 Å². The summed E-state index contributed by atoms with van der Waals surface area (Å²) in [6, 6.07) is 5.94. The quantitative estimate of drug-likeness (QED) is 0.780. The van der Waals surface area contributed by atoms with Crippen LogP contribution in [0.1, 0.15) is 19.5 Å². The molecule has 2 rings (SSSR count). The van der Waals surface area contributed by atoms with E-state index in [2.05, 4.69) is 28.7 Å². The van der Waals surface area contributed by atoms with Crippen LogP contribution in [0, 0.1) is 0 Å². The predicted molar refractivity (Wildman–Crippen MR) is 60.5 cm³/mol. The van der Waals surface area contributed by atoms with Gasteiger partial charge >= 0.3 is 0 Å². The molecule has 0 saturated carbocycles. The maximum Gasteiger partial charge on any atom is 0.192 e. The number of nitrogens with zero attached hydrogens (tertiary/aromatic N) is 3. The van der Waals surface area contributed by atoms with Gasteiger partial charge in [0.1, 0.15) is 5.54 Å². The number of hydrogen-bond donors (Lipinski definition) is 1. The molecule has 15 heavy (non-hydrogen) atoms. The highest BCUT2D eigenvalue weighted by Gasteiger charge is 2.39. The molecular weight excluding hydrogens is 188 g/mol. The van der Waals surface area contributed by atoms with Crippen molar-refractivity contribution in [2.24, 2.45) is 10.7 Å². The molecule has 2 heterocycles. The second-order valence-corrected chi connectivity index (χ2v) is 3.91. The van der Waals surface area contributed by atoms with Gasteiger partial charge in [-0.05, 0) is 26.0 Å². The minimum absolute atomic E-state index is 0.180. The van der Waals surface area contributed by atoms with E-state index in [-0.39, 0.29) is 5.54 Å². The van der Waals surface area contributed by atoms with Crippen LogP contribution in [0.3, 0.4) is 0 Å². The third-order valence-electron chi connectivity index (χ3n) is 2.95. The Balaban J connectivity index is 2.37. The van der Waals surface area contributed by atoms with Gasteiger partial charge in [0.05, 0.1) is 12.2 Å². The molecule has 1 aliphatic rings. The van der Waals surface area contributed by atoms with Gasteiger partial charge < -0.3 is 10.6 Å². The van der Waals surface area contributed by atoms with Gasteiger partial charge in [-0.3, -0.25) is 9.98 Å². The Kier molecular flexibility index (Phi) is 2.34. The summed E-state index contributed by atoms with van der Waals surface area (Å²) in [6.45, 7) is 5.74. The standard InChI is InChI=1S/C11H16N4/c1-3-15-10(12)14-8-11(15,2)9-6-4-5-7-13-9/h4-7H,3,8H2,1-2H3,(H2,12,14). The molecule has 4 nitrogen and oxygen atoms in total. The second kappa shape index (κ2) is 3.53. The summed E-state index contributed by atoms with van der Waals surface area (Å²) in [5.41, 5.74) is 6.69. The Morgan fingerprint density at radius 1 is 1.53 bits per heavy atom. The Bertz CT molecular complexity index is 373. The van der Waals surface area contributed by atoms with Crippen LogP contribution >= 0.6 is 0 Å². The van der Waals surface area contributed by atoms with Crippen molar-refractivity contribution < 1.29 is 0 Å². The molecule has 0 bridgehead atoms. The molecule has 0 amide bonds. The van der Waals surface area contributed by atoms with Crippen molar-refractivity contribution >= 4 is 5.96 Å². The van der Waals surface area contributed by atoms with E-state index in [0.29, 0.717) is 12.5 Å². The van der Waals surface area contributed by atoms with E-state index in [0.717, 1.165) is 12.2 Å². The number of guanidine groups is 1. The number of pyridine rings is 1. The Morgan fingerprint density at radius 3 is 2.93 bits per heavy atom. The minimum Gasteiger partial charge on any atom is -0.370 e. The van der Waals surface area contributed by atoms with E-state index in [1.165, 1.54) is 0 Å². The van der Waals surface area contributed by atoms with Gasteiger partial charge in [-0.1, -0.05) is 6.07 Å². The van der Waals surface area contributed by atoms with Gasteiger partial charge in [-0.2, -0.15) is 0 Å². The Labute approximate surface area is 89.8 Å². The number of likely N-dealkylation sites (N-methyl/N-ethyl adjacent to an activating group) is 1. The van der Waals surface area contributed by atoms with Crippen molar-refractivity contribution in [3.05, 3.63) is 30.1 Å². The van der Waals surface area contributed by atoms with Crippen molar-refractivity contribution in [3.8, 4) is 0 Å². The lowest BCUT2D eigenvalue weighted by Gasteiger charge is -2.34. The van der Waals surface area contributed by atoms with E-state index in [1.807, 2.05) is 24.4 Å². The van der Waals surface area contributed by atoms with Crippen molar-refractivity contribution in [1.29, 1.82) is 0 Å². The first kappa shape index (κ1) is 9.96. The highest BCUT2D eigenvalue weighted by Crippen LogP contribution is 2.30. The molecule has 0 aromatic carbocycles. The maximum absolute atomic E-state index is 5.85. The summed E-state index contributed by atoms with van der Waals surface area (Å²) in [5, 5.41) is 0. The smallest absolute Gasteiger partial charge is 0.192 e. The topological polar surface area (TPSA) is 54.5 Å². The third-order valence-corrected chi connectivity index (χ3v) is 2.95. The second-order valence-electron chi connectivity index (χ2n) is 3.91. The zero-order valence-corrected chi connectivity index (χ0v) is 9.14. The lowest BCUT2D eigenvalue weighted by Crippen LogP contribution is -2.47. The van der Waals surface area contributed by atoms with Crippen LogP contribution in [0.2, 0.25) is 0 Å². The number of nitrogens with two attached hydrogens (primary N) is 1. The molecule has 0 fully saturated rings. The largest absolute Gasteiger partial charge is 0.370 e. The molecule has 2 N–H and O–H groups in total. The van der Waals surface area contributed by atoms with Crippen LogP contribution in [0.5, 0.6) is 0 Å². The molecule has 1 aromatic rings. The van der Waals surface area contributed by atoms with Gasteiger partial charge in [0.15, 0.2) is 5.96 Å².